The van der Waals surface area contributed by atoms with Crippen molar-refractivity contribution in [2.24, 2.45) is 0 Å². The van der Waals surface area contributed by atoms with Crippen LogP contribution in [0.25, 0.3) is 4.83 Å². The van der Waals surface area contributed by atoms with Crippen molar-refractivity contribution >= 4 is 39.5 Å². The largest absolute Gasteiger partial charge is 0.477 e. The van der Waals surface area contributed by atoms with Gasteiger partial charge in [0.25, 0.3) is 5.91 Å². The van der Waals surface area contributed by atoms with Crippen molar-refractivity contribution in [3.63, 3.8) is 0 Å². The number of hydrogen-bond donors (Lipinski definition) is 2. The normalized spacial score (nSPS) is 15.4. The van der Waals surface area contributed by atoms with Gasteiger partial charge in [0.2, 0.25) is 0 Å². The summed E-state index contributed by atoms with van der Waals surface area (Å²) in [5.74, 6) is -2.38. The van der Waals surface area contributed by atoms with Crippen LogP contribution in [0.1, 0.15) is 25.7 Å². The number of rotatable bonds is 4. The van der Waals surface area contributed by atoms with Crippen molar-refractivity contribution in [1.29, 1.82) is 0 Å². The standard InChI is InChI=1S/C19H18F3N5O3S/c1-25-6-8-26(9-7-25)12-4-2-11(3-5-12)16(28)24-15-17-27(10-23-15)14(19(20,21)22)13(31-17)18(29)30/h2-5,10H,6-9H2,1H3,(H,24,28)(H,29,30). The van der Waals surface area contributed by atoms with Crippen LogP contribution in [0.15, 0.2) is 30.6 Å². The van der Waals surface area contributed by atoms with Crippen molar-refractivity contribution < 1.29 is 27.9 Å². The first-order chi connectivity index (χ1) is 14.6. The molecule has 4 rings (SSSR count). The number of aromatic carboxylic acids is 1. The fourth-order valence-electron chi connectivity index (χ4n) is 3.41. The SMILES string of the molecule is CN1CCN(c2ccc(C(=O)Nc3ncn4c(C(F)(F)F)c(C(=O)O)sc34)cc2)CC1. The van der Waals surface area contributed by atoms with E-state index in [1.165, 1.54) is 0 Å². The summed E-state index contributed by atoms with van der Waals surface area (Å²) >= 11 is 0.406. The van der Waals surface area contributed by atoms with Crippen LogP contribution in [-0.2, 0) is 6.18 Å². The van der Waals surface area contributed by atoms with Gasteiger partial charge in [-0.25, -0.2) is 9.78 Å². The van der Waals surface area contributed by atoms with Crippen LogP contribution in [0.4, 0.5) is 24.7 Å². The topological polar surface area (TPSA) is 90.2 Å². The predicted molar refractivity (Wildman–Crippen MR) is 109 cm³/mol. The summed E-state index contributed by atoms with van der Waals surface area (Å²) < 4.78 is 40.6. The summed E-state index contributed by atoms with van der Waals surface area (Å²) in [5, 5.41) is 11.6. The fourth-order valence-corrected chi connectivity index (χ4v) is 4.44. The molecule has 31 heavy (non-hydrogen) atoms. The molecule has 164 valence electrons. The lowest BCUT2D eigenvalue weighted by Gasteiger charge is -2.34. The molecule has 12 heteroatoms. The van der Waals surface area contributed by atoms with Crippen LogP contribution >= 0.6 is 11.3 Å². The average Bonchev–Trinajstić information content (AvgIpc) is 3.28. The number of imidazole rings is 1. The number of carboxylic acids is 1. The van der Waals surface area contributed by atoms with Gasteiger partial charge in [0.05, 0.1) is 0 Å². The number of aromatic nitrogens is 2. The van der Waals surface area contributed by atoms with Crippen LogP contribution < -0.4 is 10.2 Å². The second-order valence-electron chi connectivity index (χ2n) is 7.14. The highest BCUT2D eigenvalue weighted by Gasteiger charge is 2.41. The molecule has 1 aliphatic rings. The third-order valence-electron chi connectivity index (χ3n) is 5.07. The van der Waals surface area contributed by atoms with Crippen molar-refractivity contribution in [1.82, 2.24) is 14.3 Å². The molecule has 0 aliphatic carbocycles. The van der Waals surface area contributed by atoms with E-state index in [0.29, 0.717) is 21.3 Å². The first-order valence-electron chi connectivity index (χ1n) is 9.30. The number of piperazine rings is 1. The molecule has 8 nitrogen and oxygen atoms in total. The lowest BCUT2D eigenvalue weighted by molar-refractivity contribution is -0.142. The maximum atomic E-state index is 13.3. The number of hydrogen-bond acceptors (Lipinski definition) is 6. The Balaban J connectivity index is 1.55. The van der Waals surface area contributed by atoms with Crippen molar-refractivity contribution in [3.8, 4) is 0 Å². The second-order valence-corrected chi connectivity index (χ2v) is 8.14. The van der Waals surface area contributed by atoms with Crippen LogP contribution in [0.3, 0.4) is 0 Å². The van der Waals surface area contributed by atoms with Crippen molar-refractivity contribution in [3.05, 3.63) is 46.7 Å². The number of nitrogens with one attached hydrogen (secondary N) is 1. The highest BCUT2D eigenvalue weighted by atomic mass is 32.1. The summed E-state index contributed by atoms with van der Waals surface area (Å²) in [6.45, 7) is 3.64. The van der Waals surface area contributed by atoms with Gasteiger partial charge >= 0.3 is 12.1 Å². The molecular formula is C19H18F3N5O3S. The number of carboxylic acid groups (broad SMARTS) is 1. The summed E-state index contributed by atoms with van der Waals surface area (Å²) in [7, 11) is 2.06. The third kappa shape index (κ3) is 4.08. The molecule has 0 bridgehead atoms. The number of nitrogens with zero attached hydrogens (tertiary/aromatic N) is 4. The zero-order valence-electron chi connectivity index (χ0n) is 16.3. The Morgan fingerprint density at radius 2 is 1.77 bits per heavy atom. The molecular weight excluding hydrogens is 435 g/mol. The molecule has 0 unspecified atom stereocenters. The number of halogens is 3. The molecule has 3 heterocycles. The zero-order chi connectivity index (χ0) is 22.3. The number of alkyl halides is 3. The van der Waals surface area contributed by atoms with Crippen LogP contribution in [-0.4, -0.2) is 64.5 Å². The van der Waals surface area contributed by atoms with Gasteiger partial charge < -0.3 is 20.2 Å². The molecule has 3 aromatic rings. The second kappa shape index (κ2) is 7.85. The minimum atomic E-state index is -4.88. The highest BCUT2D eigenvalue weighted by Crippen LogP contribution is 2.39. The summed E-state index contributed by atoms with van der Waals surface area (Å²) in [5.41, 5.74) is -0.0391. The van der Waals surface area contributed by atoms with Gasteiger partial charge in [-0.3, -0.25) is 9.20 Å². The molecule has 1 saturated heterocycles. The van der Waals surface area contributed by atoms with Crippen LogP contribution in [0.5, 0.6) is 0 Å². The number of anilines is 2. The monoisotopic (exact) mass is 453 g/mol. The molecule has 0 saturated carbocycles. The Bertz CT molecular complexity index is 1130. The van der Waals surface area contributed by atoms with Crippen molar-refractivity contribution in [2.45, 2.75) is 6.18 Å². The maximum absolute atomic E-state index is 13.3. The van der Waals surface area contributed by atoms with Gasteiger partial charge in [-0.1, -0.05) is 0 Å². The number of thiazole rings is 1. The minimum absolute atomic E-state index is 0.105. The lowest BCUT2D eigenvalue weighted by atomic mass is 10.1. The predicted octanol–water partition coefficient (Wildman–Crippen LogP) is 3.12. The first-order valence-corrected chi connectivity index (χ1v) is 10.1. The molecule has 0 radical (unpaired) electrons. The van der Waals surface area contributed by atoms with E-state index in [9.17, 15) is 22.8 Å². The quantitative estimate of drug-likeness (QED) is 0.631. The summed E-state index contributed by atoms with van der Waals surface area (Å²) in [6.07, 6.45) is -4.03. The van der Waals surface area contributed by atoms with E-state index in [0.717, 1.165) is 38.2 Å². The van der Waals surface area contributed by atoms with E-state index in [1.807, 2.05) is 12.1 Å². The number of carbonyl (C=O) groups excluding carboxylic acids is 1. The van der Waals surface area contributed by atoms with Crippen molar-refractivity contribution in [2.75, 3.05) is 43.4 Å². The maximum Gasteiger partial charge on any atom is 0.433 e. The molecule has 0 atom stereocenters. The van der Waals surface area contributed by atoms with Gasteiger partial charge in [-0.15, -0.1) is 11.3 Å². The van der Waals surface area contributed by atoms with E-state index < -0.39 is 28.6 Å². The van der Waals surface area contributed by atoms with Gasteiger partial charge in [0.15, 0.2) is 11.5 Å². The van der Waals surface area contributed by atoms with Gasteiger partial charge in [-0.2, -0.15) is 13.2 Å². The van der Waals surface area contributed by atoms with Gasteiger partial charge in [-0.05, 0) is 31.3 Å². The third-order valence-corrected chi connectivity index (χ3v) is 6.23. The van der Waals surface area contributed by atoms with Gasteiger partial charge in [0, 0.05) is 37.4 Å². The fraction of sp³-hybridized carbons (Fsp3) is 0.316. The zero-order valence-corrected chi connectivity index (χ0v) is 17.1. The van der Waals surface area contributed by atoms with Crippen LogP contribution in [0.2, 0.25) is 0 Å². The Morgan fingerprint density at radius 3 is 2.35 bits per heavy atom. The van der Waals surface area contributed by atoms with E-state index in [1.54, 1.807) is 12.1 Å². The molecule has 1 aliphatic heterocycles. The number of likely N-dealkylation sites (N-methyl/N-ethyl adjacent to an activating group) is 1. The summed E-state index contributed by atoms with van der Waals surface area (Å²) in [6, 6.07) is 6.90. The highest BCUT2D eigenvalue weighted by molar-refractivity contribution is 7.20. The molecule has 1 aromatic carbocycles. The van der Waals surface area contributed by atoms with E-state index in [-0.39, 0.29) is 10.6 Å². The van der Waals surface area contributed by atoms with E-state index >= 15 is 0 Å². The lowest BCUT2D eigenvalue weighted by Crippen LogP contribution is -2.44. The molecule has 2 N–H and O–H groups in total. The number of amides is 1. The average molecular weight is 453 g/mol. The van der Waals surface area contributed by atoms with Crippen LogP contribution in [0, 0.1) is 0 Å². The molecule has 2 aromatic heterocycles. The Morgan fingerprint density at radius 1 is 1.13 bits per heavy atom. The number of fused-ring (bicyclic) bond motifs is 1. The van der Waals surface area contributed by atoms with E-state index in [4.69, 9.17) is 5.11 Å². The van der Waals surface area contributed by atoms with Gasteiger partial charge in [0.1, 0.15) is 16.0 Å². The Labute approximate surface area is 178 Å². The first kappa shape index (κ1) is 21.1. The minimum Gasteiger partial charge on any atom is -0.477 e. The number of benzene rings is 1. The van der Waals surface area contributed by atoms with E-state index in [2.05, 4.69) is 27.1 Å². The summed E-state index contributed by atoms with van der Waals surface area (Å²) in [4.78, 5) is 31.1. The molecule has 0 spiro atoms. The molecule has 1 fully saturated rings. The Hall–Kier alpha value is -3.12. The number of carbonyl (C=O) groups is 2. The molecule has 1 amide bonds. The Kier molecular flexibility index (Phi) is 5.35. The smallest absolute Gasteiger partial charge is 0.433 e.